The largest absolute Gasteiger partial charge is 0.356 e. The molecule has 3 amide bonds. The third-order valence-electron chi connectivity index (χ3n) is 7.81. The van der Waals surface area contributed by atoms with Crippen molar-refractivity contribution in [1.29, 1.82) is 0 Å². The van der Waals surface area contributed by atoms with Crippen LogP contribution in [-0.2, 0) is 22.6 Å². The van der Waals surface area contributed by atoms with Crippen LogP contribution >= 0.6 is 23.4 Å². The van der Waals surface area contributed by atoms with E-state index >= 15 is 0 Å². The molecule has 0 fully saturated rings. The van der Waals surface area contributed by atoms with Crippen molar-refractivity contribution in [3.63, 3.8) is 0 Å². The van der Waals surface area contributed by atoms with E-state index in [0.29, 0.717) is 29.2 Å². The van der Waals surface area contributed by atoms with Gasteiger partial charge in [-0.1, -0.05) is 66.2 Å². The monoisotopic (exact) mass is 572 g/mol. The van der Waals surface area contributed by atoms with Gasteiger partial charge in [0, 0.05) is 40.1 Å². The third-order valence-corrected chi connectivity index (χ3v) is 8.82. The minimum absolute atomic E-state index is 0.172. The van der Waals surface area contributed by atoms with E-state index in [4.69, 9.17) is 11.6 Å². The Balaban J connectivity index is 1.30. The van der Waals surface area contributed by atoms with Crippen LogP contribution in [0.15, 0.2) is 72.8 Å². The Hall–Kier alpha value is -3.75. The number of hydrogen-bond acceptors (Lipinski definition) is 4. The third kappa shape index (κ3) is 4.65. The first-order chi connectivity index (χ1) is 19.5. The van der Waals surface area contributed by atoms with Crippen LogP contribution in [0.1, 0.15) is 45.2 Å². The van der Waals surface area contributed by atoms with Gasteiger partial charge in [-0.15, -0.1) is 0 Å². The minimum atomic E-state index is -0.759. The quantitative estimate of drug-likeness (QED) is 0.281. The number of H-pyrrole nitrogens is 1. The molecule has 3 atom stereocenters. The summed E-state index contributed by atoms with van der Waals surface area (Å²) in [6.07, 6.45) is 2.78. The second-order valence-electron chi connectivity index (χ2n) is 10.1. The predicted molar refractivity (Wildman–Crippen MR) is 158 cm³/mol. The molecular formula is C31H29ClN4O3S. The first kappa shape index (κ1) is 26.5. The van der Waals surface area contributed by atoms with Crippen molar-refractivity contribution in [1.82, 2.24) is 20.5 Å². The molecule has 0 radical (unpaired) electrons. The zero-order valence-electron chi connectivity index (χ0n) is 21.9. The summed E-state index contributed by atoms with van der Waals surface area (Å²) in [5, 5.41) is 7.55. The molecular weight excluding hydrogens is 544 g/mol. The van der Waals surface area contributed by atoms with Gasteiger partial charge in [0.1, 0.15) is 12.1 Å². The van der Waals surface area contributed by atoms with Crippen LogP contribution in [0.5, 0.6) is 0 Å². The van der Waals surface area contributed by atoms with E-state index in [1.54, 1.807) is 22.7 Å². The normalized spacial score (nSPS) is 18.1. The summed E-state index contributed by atoms with van der Waals surface area (Å²) < 4.78 is 0. The molecule has 0 bridgehead atoms. The minimum Gasteiger partial charge on any atom is -0.356 e. The molecule has 40 heavy (non-hydrogen) atoms. The lowest BCUT2D eigenvalue weighted by molar-refractivity contribution is -0.132. The van der Waals surface area contributed by atoms with Gasteiger partial charge in [0.05, 0.1) is 6.04 Å². The van der Waals surface area contributed by atoms with E-state index in [0.717, 1.165) is 33.3 Å². The summed E-state index contributed by atoms with van der Waals surface area (Å²) in [5.74, 6) is -0.0909. The van der Waals surface area contributed by atoms with Crippen molar-refractivity contribution in [2.24, 2.45) is 0 Å². The Bertz CT molecular complexity index is 1620. The van der Waals surface area contributed by atoms with Gasteiger partial charge in [-0.05, 0) is 53.3 Å². The van der Waals surface area contributed by atoms with E-state index in [2.05, 4.69) is 15.6 Å². The molecule has 3 aromatic carbocycles. The number of amides is 3. The molecule has 0 unspecified atom stereocenters. The average Bonchev–Trinajstić information content (AvgIpc) is 3.49. The van der Waals surface area contributed by atoms with Crippen molar-refractivity contribution in [3.8, 4) is 0 Å². The Labute approximate surface area is 241 Å². The van der Waals surface area contributed by atoms with Gasteiger partial charge in [0.25, 0.3) is 5.91 Å². The maximum Gasteiger partial charge on any atom is 0.255 e. The van der Waals surface area contributed by atoms with Crippen molar-refractivity contribution < 1.29 is 14.4 Å². The molecule has 0 saturated heterocycles. The molecule has 204 valence electrons. The molecule has 1 aromatic heterocycles. The van der Waals surface area contributed by atoms with Crippen LogP contribution in [0.4, 0.5) is 0 Å². The van der Waals surface area contributed by atoms with Crippen LogP contribution in [0.25, 0.3) is 10.9 Å². The second kappa shape index (κ2) is 11.0. The number of benzene rings is 3. The highest BCUT2D eigenvalue weighted by molar-refractivity contribution is 7.98. The molecule has 3 heterocycles. The van der Waals surface area contributed by atoms with Gasteiger partial charge < -0.3 is 20.5 Å². The van der Waals surface area contributed by atoms with E-state index in [9.17, 15) is 14.4 Å². The lowest BCUT2D eigenvalue weighted by Crippen LogP contribution is -2.56. The zero-order chi connectivity index (χ0) is 27.8. The van der Waals surface area contributed by atoms with Gasteiger partial charge in [-0.25, -0.2) is 0 Å². The average molecular weight is 573 g/mol. The van der Waals surface area contributed by atoms with Crippen LogP contribution < -0.4 is 10.6 Å². The van der Waals surface area contributed by atoms with E-state index in [-0.39, 0.29) is 24.3 Å². The molecule has 2 aliphatic heterocycles. The number of nitrogens with zero attached hydrogens (tertiary/aromatic N) is 1. The van der Waals surface area contributed by atoms with Crippen molar-refractivity contribution >= 4 is 52.0 Å². The number of aromatic amines is 1. The Kier molecular flexibility index (Phi) is 7.29. The predicted octanol–water partition coefficient (Wildman–Crippen LogP) is 4.85. The molecule has 7 nitrogen and oxygen atoms in total. The molecule has 4 aromatic rings. The van der Waals surface area contributed by atoms with Gasteiger partial charge in [0.2, 0.25) is 11.8 Å². The topological polar surface area (TPSA) is 94.3 Å². The standard InChI is InChI=1S/C31H29ClN4O3S/c1-40-15-14-25(29(37)33-17-18-8-2-6-12-23(18)32)35-30(38)26-16-22-19-9-5-7-13-24(19)34-27(22)28-20-10-3-4-11-21(20)31(39)36(26)28/h2-13,25-26,28,34H,14-17H2,1H3,(H,33,37)(H,35,38)/t25-,26-,28-/m0/s1. The van der Waals surface area contributed by atoms with Crippen LogP contribution in [0, 0.1) is 0 Å². The molecule has 9 heteroatoms. The first-order valence-corrected chi connectivity index (χ1v) is 15.1. The Morgan fingerprint density at radius 3 is 2.65 bits per heavy atom. The fraction of sp³-hybridized carbons (Fsp3) is 0.258. The SMILES string of the molecule is CSCC[C@H](NC(=O)[C@@H]1Cc2c([nH]c3ccccc23)[C@@H]2c3ccccc3C(=O)N21)C(=O)NCc1ccccc1Cl. The number of carbonyl (C=O) groups is 3. The fourth-order valence-electron chi connectivity index (χ4n) is 5.86. The summed E-state index contributed by atoms with van der Waals surface area (Å²) in [6.45, 7) is 0.258. The van der Waals surface area contributed by atoms with Crippen molar-refractivity contribution in [2.75, 3.05) is 12.0 Å². The Morgan fingerprint density at radius 1 is 1.07 bits per heavy atom. The summed E-state index contributed by atoms with van der Waals surface area (Å²) in [7, 11) is 0. The lowest BCUT2D eigenvalue weighted by atomic mass is 9.89. The number of halogens is 1. The zero-order valence-corrected chi connectivity index (χ0v) is 23.5. The summed E-state index contributed by atoms with van der Waals surface area (Å²) in [6, 6.07) is 21.0. The molecule has 0 saturated carbocycles. The number of rotatable bonds is 8. The summed E-state index contributed by atoms with van der Waals surface area (Å²) >= 11 is 7.88. The van der Waals surface area contributed by atoms with E-state index < -0.39 is 18.1 Å². The van der Waals surface area contributed by atoms with Crippen LogP contribution in [-0.4, -0.2) is 51.7 Å². The highest BCUT2D eigenvalue weighted by atomic mass is 35.5. The van der Waals surface area contributed by atoms with Crippen molar-refractivity contribution in [3.05, 3.63) is 106 Å². The molecule has 6 rings (SSSR count). The number of hydrogen-bond donors (Lipinski definition) is 3. The smallest absolute Gasteiger partial charge is 0.255 e. The highest BCUT2D eigenvalue weighted by Crippen LogP contribution is 2.46. The number of carbonyl (C=O) groups excluding carboxylic acids is 3. The summed E-state index contributed by atoms with van der Waals surface area (Å²) in [4.78, 5) is 46.2. The van der Waals surface area contributed by atoms with Crippen molar-refractivity contribution in [2.45, 2.75) is 37.5 Å². The lowest BCUT2D eigenvalue weighted by Gasteiger charge is -2.37. The van der Waals surface area contributed by atoms with Gasteiger partial charge in [-0.2, -0.15) is 11.8 Å². The highest BCUT2D eigenvalue weighted by Gasteiger charge is 2.49. The number of fused-ring (bicyclic) bond motifs is 7. The number of aromatic nitrogens is 1. The molecule has 3 N–H and O–H groups in total. The molecule has 2 aliphatic rings. The number of para-hydroxylation sites is 1. The number of nitrogens with one attached hydrogen (secondary N) is 3. The van der Waals surface area contributed by atoms with Gasteiger partial charge in [-0.3, -0.25) is 14.4 Å². The Morgan fingerprint density at radius 2 is 1.82 bits per heavy atom. The fourth-order valence-corrected chi connectivity index (χ4v) is 6.53. The van der Waals surface area contributed by atoms with Gasteiger partial charge >= 0.3 is 0 Å². The number of thioether (sulfide) groups is 1. The first-order valence-electron chi connectivity index (χ1n) is 13.3. The maximum absolute atomic E-state index is 14.0. The second-order valence-corrected chi connectivity index (χ2v) is 11.5. The van der Waals surface area contributed by atoms with Gasteiger partial charge in [0.15, 0.2) is 0 Å². The molecule has 0 spiro atoms. The molecule has 0 aliphatic carbocycles. The summed E-state index contributed by atoms with van der Waals surface area (Å²) in [5.41, 5.74) is 5.24. The van der Waals surface area contributed by atoms with E-state index in [1.165, 1.54) is 0 Å². The maximum atomic E-state index is 14.0. The van der Waals surface area contributed by atoms with Crippen LogP contribution in [0.2, 0.25) is 5.02 Å². The van der Waals surface area contributed by atoms with E-state index in [1.807, 2.05) is 73.0 Å². The van der Waals surface area contributed by atoms with Crippen LogP contribution in [0.3, 0.4) is 0 Å².